The molecule has 0 bridgehead atoms. The minimum absolute atomic E-state index is 0.0402. The van der Waals surface area contributed by atoms with E-state index in [1.54, 1.807) is 4.57 Å². The molecular formula is C23H19ClN2OS. The van der Waals surface area contributed by atoms with E-state index in [0.717, 1.165) is 16.8 Å². The van der Waals surface area contributed by atoms with E-state index in [9.17, 15) is 4.79 Å². The molecule has 5 heteroatoms. The second-order valence-corrected chi connectivity index (χ2v) is 8.38. The zero-order chi connectivity index (χ0) is 19.7. The molecule has 0 radical (unpaired) electrons. The first-order valence-corrected chi connectivity index (χ1v) is 10.3. The summed E-state index contributed by atoms with van der Waals surface area (Å²) in [4.78, 5) is 18.1. The van der Waals surface area contributed by atoms with Crippen LogP contribution in [0.4, 0.5) is 0 Å². The fourth-order valence-corrected chi connectivity index (χ4v) is 4.60. The predicted octanol–water partition coefficient (Wildman–Crippen LogP) is 6.20. The van der Waals surface area contributed by atoms with E-state index in [1.807, 2.05) is 79.7 Å². The van der Waals surface area contributed by atoms with E-state index in [-0.39, 0.29) is 10.8 Å². The first-order valence-electron chi connectivity index (χ1n) is 9.04. The molecule has 0 aliphatic rings. The molecular weight excluding hydrogens is 388 g/mol. The largest absolute Gasteiger partial charge is 0.268 e. The zero-order valence-corrected chi connectivity index (χ0v) is 17.2. The quantitative estimate of drug-likeness (QED) is 0.299. The molecule has 0 N–H and O–H groups in total. The van der Waals surface area contributed by atoms with Crippen molar-refractivity contribution >= 4 is 34.3 Å². The van der Waals surface area contributed by atoms with Crippen LogP contribution in [0.15, 0.2) is 82.7 Å². The summed E-state index contributed by atoms with van der Waals surface area (Å²) < 4.78 is 1.69. The van der Waals surface area contributed by atoms with Gasteiger partial charge in [0.05, 0.1) is 16.6 Å². The maximum atomic E-state index is 13.3. The topological polar surface area (TPSA) is 34.9 Å². The predicted molar refractivity (Wildman–Crippen MR) is 118 cm³/mol. The summed E-state index contributed by atoms with van der Waals surface area (Å²) in [5.74, 6) is 0. The molecule has 0 aliphatic heterocycles. The Morgan fingerprint density at radius 2 is 1.64 bits per heavy atom. The Hall–Kier alpha value is -2.56. The summed E-state index contributed by atoms with van der Waals surface area (Å²) in [5, 5.41) is 2.02. The highest BCUT2D eigenvalue weighted by Gasteiger charge is 2.18. The van der Waals surface area contributed by atoms with E-state index >= 15 is 0 Å². The third-order valence-corrected chi connectivity index (χ3v) is 6.10. The molecule has 3 aromatic carbocycles. The van der Waals surface area contributed by atoms with Crippen molar-refractivity contribution in [3.05, 3.63) is 99.3 Å². The van der Waals surface area contributed by atoms with Crippen molar-refractivity contribution in [3.63, 3.8) is 0 Å². The number of thioether (sulfide) groups is 1. The van der Waals surface area contributed by atoms with Gasteiger partial charge in [0.2, 0.25) is 0 Å². The molecule has 4 aromatic rings. The van der Waals surface area contributed by atoms with Gasteiger partial charge in [0.25, 0.3) is 5.56 Å². The number of rotatable bonds is 4. The van der Waals surface area contributed by atoms with Gasteiger partial charge >= 0.3 is 0 Å². The van der Waals surface area contributed by atoms with Gasteiger partial charge in [-0.3, -0.25) is 9.36 Å². The van der Waals surface area contributed by atoms with Gasteiger partial charge in [-0.2, -0.15) is 0 Å². The Morgan fingerprint density at radius 3 is 2.39 bits per heavy atom. The zero-order valence-electron chi connectivity index (χ0n) is 15.6. The van der Waals surface area contributed by atoms with Gasteiger partial charge in [0, 0.05) is 10.3 Å². The van der Waals surface area contributed by atoms with Crippen LogP contribution in [0.25, 0.3) is 16.6 Å². The third-order valence-electron chi connectivity index (χ3n) is 4.66. The smallest absolute Gasteiger partial charge is 0.266 e. The fraction of sp³-hybridized carbons (Fsp3) is 0.130. The average molecular weight is 407 g/mol. The lowest BCUT2D eigenvalue weighted by molar-refractivity contribution is 0.815. The monoisotopic (exact) mass is 406 g/mol. The lowest BCUT2D eigenvalue weighted by Crippen LogP contribution is -2.22. The maximum Gasteiger partial charge on any atom is 0.266 e. The van der Waals surface area contributed by atoms with Crippen molar-refractivity contribution < 1.29 is 0 Å². The highest BCUT2D eigenvalue weighted by Crippen LogP contribution is 2.37. The molecule has 1 aromatic heterocycles. The molecule has 3 nitrogen and oxygen atoms in total. The van der Waals surface area contributed by atoms with Gasteiger partial charge in [0.15, 0.2) is 5.16 Å². The molecule has 1 atom stereocenters. The second-order valence-electron chi connectivity index (χ2n) is 6.67. The Bertz CT molecular complexity index is 1200. The molecule has 28 heavy (non-hydrogen) atoms. The van der Waals surface area contributed by atoms with Crippen LogP contribution >= 0.6 is 23.4 Å². The van der Waals surface area contributed by atoms with E-state index in [1.165, 1.54) is 11.8 Å². The van der Waals surface area contributed by atoms with E-state index in [2.05, 4.69) is 6.92 Å². The first-order chi connectivity index (χ1) is 13.5. The van der Waals surface area contributed by atoms with Gasteiger partial charge in [-0.1, -0.05) is 71.4 Å². The number of hydrogen-bond acceptors (Lipinski definition) is 3. The van der Waals surface area contributed by atoms with Crippen molar-refractivity contribution in [2.24, 2.45) is 0 Å². The van der Waals surface area contributed by atoms with Gasteiger partial charge in [-0.05, 0) is 49.7 Å². The van der Waals surface area contributed by atoms with Crippen LogP contribution in [0.2, 0.25) is 5.02 Å². The molecule has 4 rings (SSSR count). The Morgan fingerprint density at radius 1 is 0.964 bits per heavy atom. The molecule has 0 amide bonds. The molecule has 0 aliphatic carbocycles. The summed E-state index contributed by atoms with van der Waals surface area (Å²) in [5.41, 5.74) is 3.60. The minimum Gasteiger partial charge on any atom is -0.268 e. The third kappa shape index (κ3) is 3.58. The molecule has 0 saturated heterocycles. The number of aryl methyl sites for hydroxylation is 1. The van der Waals surface area contributed by atoms with Gasteiger partial charge < -0.3 is 0 Å². The Kier molecular flexibility index (Phi) is 5.25. The molecule has 0 spiro atoms. The van der Waals surface area contributed by atoms with Gasteiger partial charge in [-0.25, -0.2) is 4.98 Å². The SMILES string of the molecule is Cc1ccc(-n2c(S[C@H](C)c3ccccc3Cl)nc3ccccc3c2=O)cc1. The van der Waals surface area contributed by atoms with Crippen molar-refractivity contribution in [1.29, 1.82) is 0 Å². The molecule has 1 heterocycles. The number of hydrogen-bond donors (Lipinski definition) is 0. The maximum absolute atomic E-state index is 13.3. The first kappa shape index (κ1) is 18.8. The molecule has 0 fully saturated rings. The highest BCUT2D eigenvalue weighted by molar-refractivity contribution is 7.99. The molecule has 0 saturated carbocycles. The van der Waals surface area contributed by atoms with Crippen LogP contribution < -0.4 is 5.56 Å². The van der Waals surface area contributed by atoms with Crippen LogP contribution in [0.5, 0.6) is 0 Å². The second kappa shape index (κ2) is 7.82. The van der Waals surface area contributed by atoms with Gasteiger partial charge in [0.1, 0.15) is 0 Å². The minimum atomic E-state index is -0.0664. The highest BCUT2D eigenvalue weighted by atomic mass is 35.5. The van der Waals surface area contributed by atoms with Crippen LogP contribution in [0.3, 0.4) is 0 Å². The number of aromatic nitrogens is 2. The number of halogens is 1. The average Bonchev–Trinajstić information content (AvgIpc) is 2.70. The summed E-state index contributed by atoms with van der Waals surface area (Å²) in [7, 11) is 0. The van der Waals surface area contributed by atoms with Crippen molar-refractivity contribution in [2.45, 2.75) is 24.3 Å². The Labute approximate surface area is 173 Å². The Balaban J connectivity index is 1.89. The number of nitrogens with zero attached hydrogens (tertiary/aromatic N) is 2. The number of benzene rings is 3. The summed E-state index contributed by atoms with van der Waals surface area (Å²) >= 11 is 7.92. The van der Waals surface area contributed by atoms with Crippen molar-refractivity contribution in [1.82, 2.24) is 9.55 Å². The van der Waals surface area contributed by atoms with Gasteiger partial charge in [-0.15, -0.1) is 0 Å². The number of para-hydroxylation sites is 1. The van der Waals surface area contributed by atoms with Crippen LogP contribution in [0, 0.1) is 6.92 Å². The molecule has 140 valence electrons. The normalized spacial score (nSPS) is 12.2. The van der Waals surface area contributed by atoms with Crippen LogP contribution in [0.1, 0.15) is 23.3 Å². The summed E-state index contributed by atoms with van der Waals surface area (Å²) in [6.45, 7) is 4.10. The lowest BCUT2D eigenvalue weighted by Gasteiger charge is -2.17. The van der Waals surface area contributed by atoms with E-state index in [0.29, 0.717) is 21.1 Å². The summed E-state index contributed by atoms with van der Waals surface area (Å²) in [6.07, 6.45) is 0. The van der Waals surface area contributed by atoms with Crippen LogP contribution in [-0.2, 0) is 0 Å². The van der Waals surface area contributed by atoms with Crippen molar-refractivity contribution in [2.75, 3.05) is 0 Å². The lowest BCUT2D eigenvalue weighted by atomic mass is 10.2. The number of fused-ring (bicyclic) bond motifs is 1. The van der Waals surface area contributed by atoms with E-state index in [4.69, 9.17) is 16.6 Å². The fourth-order valence-electron chi connectivity index (χ4n) is 3.14. The standard InChI is InChI=1S/C23H19ClN2OS/c1-15-11-13-17(14-12-15)26-22(27)19-8-4-6-10-21(19)25-23(26)28-16(2)18-7-3-5-9-20(18)24/h3-14,16H,1-2H3/t16-/m1/s1. The van der Waals surface area contributed by atoms with E-state index < -0.39 is 0 Å². The summed E-state index contributed by atoms with van der Waals surface area (Å²) in [6, 6.07) is 23.2. The molecule has 0 unspecified atom stereocenters. The van der Waals surface area contributed by atoms with Crippen molar-refractivity contribution in [3.8, 4) is 5.69 Å². The van der Waals surface area contributed by atoms with Crippen LogP contribution in [-0.4, -0.2) is 9.55 Å².